The van der Waals surface area contributed by atoms with Gasteiger partial charge in [-0.3, -0.25) is 0 Å². The molecular weight excluding hydrogens is 411 g/mol. The summed E-state index contributed by atoms with van der Waals surface area (Å²) in [6.07, 6.45) is 0. The standard InChI is InChI=1S/C26H24FO3S/c1-4-17-26(2,3)30-25(28)19-29-24-16-15-22(18-23(24)27)31(20-11-7-5-8-12-20)21-13-9-6-10-14-21/h5-16,18H,19H2,1-3H3/q+1. The van der Waals surface area contributed by atoms with Crippen LogP contribution in [0.15, 0.2) is 93.5 Å². The SMILES string of the molecule is CC#CC(C)(C)OC(=O)COc1ccc([S+](c2ccccc2)c2ccccc2)cc1F. The zero-order valence-electron chi connectivity index (χ0n) is 17.7. The number of rotatable bonds is 7. The number of carbonyl (C=O) groups is 1. The van der Waals surface area contributed by atoms with Gasteiger partial charge in [-0.15, -0.1) is 5.92 Å². The molecule has 0 amide bonds. The molecule has 31 heavy (non-hydrogen) atoms. The van der Waals surface area contributed by atoms with E-state index in [0.29, 0.717) is 0 Å². The summed E-state index contributed by atoms with van der Waals surface area (Å²) in [5.41, 5.74) is -0.919. The van der Waals surface area contributed by atoms with Crippen molar-refractivity contribution in [2.75, 3.05) is 6.61 Å². The number of ether oxygens (including phenoxy) is 2. The normalized spacial score (nSPS) is 10.9. The molecule has 3 nitrogen and oxygen atoms in total. The maximum Gasteiger partial charge on any atom is 0.345 e. The third-order valence-corrected chi connectivity index (χ3v) is 6.45. The summed E-state index contributed by atoms with van der Waals surface area (Å²) >= 11 is 0. The van der Waals surface area contributed by atoms with Gasteiger partial charge in [0.1, 0.15) is 0 Å². The molecule has 0 spiro atoms. The highest BCUT2D eigenvalue weighted by molar-refractivity contribution is 7.97. The molecule has 0 aliphatic carbocycles. The fourth-order valence-electron chi connectivity index (χ4n) is 3.02. The monoisotopic (exact) mass is 435 g/mol. The van der Waals surface area contributed by atoms with Crippen molar-refractivity contribution >= 4 is 16.9 Å². The highest BCUT2D eigenvalue weighted by atomic mass is 32.2. The first-order valence-corrected chi connectivity index (χ1v) is 11.0. The summed E-state index contributed by atoms with van der Waals surface area (Å²) in [7, 11) is -0.464. The Hall–Kier alpha value is -3.23. The van der Waals surface area contributed by atoms with E-state index in [9.17, 15) is 9.18 Å². The number of hydrogen-bond donors (Lipinski definition) is 0. The molecule has 0 radical (unpaired) electrons. The van der Waals surface area contributed by atoms with Gasteiger partial charge in [-0.1, -0.05) is 42.3 Å². The smallest absolute Gasteiger partial charge is 0.345 e. The van der Waals surface area contributed by atoms with E-state index in [4.69, 9.17) is 9.47 Å². The molecule has 158 valence electrons. The number of hydrogen-bond acceptors (Lipinski definition) is 3. The Bertz CT molecular complexity index is 1050. The average molecular weight is 436 g/mol. The molecule has 0 saturated carbocycles. The van der Waals surface area contributed by atoms with Crippen LogP contribution in [0.25, 0.3) is 0 Å². The van der Waals surface area contributed by atoms with Crippen LogP contribution in [0.1, 0.15) is 20.8 Å². The summed E-state index contributed by atoms with van der Waals surface area (Å²) in [4.78, 5) is 15.0. The molecule has 0 atom stereocenters. The lowest BCUT2D eigenvalue weighted by atomic mass is 10.1. The lowest BCUT2D eigenvalue weighted by Crippen LogP contribution is -2.29. The van der Waals surface area contributed by atoms with E-state index in [0.717, 1.165) is 14.7 Å². The topological polar surface area (TPSA) is 35.5 Å². The summed E-state index contributed by atoms with van der Waals surface area (Å²) in [5.74, 6) is 4.38. The van der Waals surface area contributed by atoms with Crippen LogP contribution in [-0.4, -0.2) is 18.2 Å². The minimum atomic E-state index is -0.919. The van der Waals surface area contributed by atoms with Crippen molar-refractivity contribution in [3.8, 4) is 17.6 Å². The number of carbonyl (C=O) groups excluding carboxylic acids is 1. The predicted molar refractivity (Wildman–Crippen MR) is 121 cm³/mol. The third kappa shape index (κ3) is 6.13. The molecule has 3 rings (SSSR count). The van der Waals surface area contributed by atoms with Gasteiger partial charge in [-0.2, -0.15) is 0 Å². The lowest BCUT2D eigenvalue weighted by molar-refractivity contribution is -0.154. The molecule has 5 heteroatoms. The van der Waals surface area contributed by atoms with Crippen molar-refractivity contribution in [2.24, 2.45) is 0 Å². The van der Waals surface area contributed by atoms with Crippen molar-refractivity contribution in [3.63, 3.8) is 0 Å². The second-order valence-corrected chi connectivity index (χ2v) is 9.20. The van der Waals surface area contributed by atoms with E-state index in [2.05, 4.69) is 11.8 Å². The Balaban J connectivity index is 1.80. The molecule has 0 aromatic heterocycles. The van der Waals surface area contributed by atoms with E-state index >= 15 is 0 Å². The van der Waals surface area contributed by atoms with Gasteiger partial charge < -0.3 is 9.47 Å². The first-order valence-electron chi connectivity index (χ1n) is 9.82. The van der Waals surface area contributed by atoms with Gasteiger partial charge in [0.25, 0.3) is 0 Å². The minimum Gasteiger partial charge on any atom is -0.479 e. The molecular formula is C26H24FO3S+. The van der Waals surface area contributed by atoms with Crippen LogP contribution in [-0.2, 0) is 20.4 Å². The molecule has 0 saturated heterocycles. The van der Waals surface area contributed by atoms with Crippen molar-refractivity contribution in [1.29, 1.82) is 0 Å². The van der Waals surface area contributed by atoms with Crippen LogP contribution >= 0.6 is 0 Å². The second kappa shape index (κ2) is 10.2. The molecule has 3 aromatic carbocycles. The van der Waals surface area contributed by atoms with E-state index < -0.39 is 34.9 Å². The molecule has 0 N–H and O–H groups in total. The molecule has 3 aromatic rings. The molecule has 0 bridgehead atoms. The van der Waals surface area contributed by atoms with E-state index in [1.165, 1.54) is 6.07 Å². The highest BCUT2D eigenvalue weighted by Gasteiger charge is 2.29. The van der Waals surface area contributed by atoms with Crippen LogP contribution in [0.2, 0.25) is 0 Å². The predicted octanol–water partition coefficient (Wildman–Crippen LogP) is 5.65. The van der Waals surface area contributed by atoms with Crippen LogP contribution in [0.5, 0.6) is 5.75 Å². The Morgan fingerprint density at radius 2 is 1.52 bits per heavy atom. The summed E-state index contributed by atoms with van der Waals surface area (Å²) in [5, 5.41) is 0. The van der Waals surface area contributed by atoms with E-state index in [-0.39, 0.29) is 5.75 Å². The van der Waals surface area contributed by atoms with Crippen molar-refractivity contribution < 1.29 is 18.7 Å². The summed E-state index contributed by atoms with van der Waals surface area (Å²) in [6.45, 7) is 4.64. The number of esters is 1. The van der Waals surface area contributed by atoms with Gasteiger partial charge in [0.15, 0.2) is 38.5 Å². The lowest BCUT2D eigenvalue weighted by Gasteiger charge is -2.18. The number of benzene rings is 3. The molecule has 0 aliphatic rings. The van der Waals surface area contributed by atoms with Gasteiger partial charge in [0.05, 0.1) is 10.9 Å². The van der Waals surface area contributed by atoms with Crippen LogP contribution < -0.4 is 4.74 Å². The van der Waals surface area contributed by atoms with Gasteiger partial charge >= 0.3 is 5.97 Å². The Morgan fingerprint density at radius 1 is 0.935 bits per heavy atom. The molecule has 0 unspecified atom stereocenters. The van der Waals surface area contributed by atoms with Gasteiger partial charge in [0.2, 0.25) is 0 Å². The molecule has 0 aliphatic heterocycles. The first-order chi connectivity index (χ1) is 14.9. The maximum absolute atomic E-state index is 14.9. The Morgan fingerprint density at radius 3 is 2.03 bits per heavy atom. The fraction of sp³-hybridized carbons (Fsp3) is 0.192. The van der Waals surface area contributed by atoms with Crippen LogP contribution in [0, 0.1) is 17.7 Å². The van der Waals surface area contributed by atoms with E-state index in [1.54, 1.807) is 26.8 Å². The Labute approximate surface area is 185 Å². The van der Waals surface area contributed by atoms with E-state index in [1.807, 2.05) is 66.7 Å². The Kier molecular flexibility index (Phi) is 7.38. The first kappa shape index (κ1) is 22.5. The maximum atomic E-state index is 14.9. The highest BCUT2D eigenvalue weighted by Crippen LogP contribution is 2.33. The van der Waals surface area contributed by atoms with Crippen molar-refractivity contribution in [1.82, 2.24) is 0 Å². The number of halogens is 1. The molecule has 0 fully saturated rings. The third-order valence-electron chi connectivity index (χ3n) is 4.24. The quantitative estimate of drug-likeness (QED) is 0.274. The zero-order chi connectivity index (χ0) is 22.3. The van der Waals surface area contributed by atoms with Crippen LogP contribution in [0.4, 0.5) is 4.39 Å². The largest absolute Gasteiger partial charge is 0.479 e. The zero-order valence-corrected chi connectivity index (χ0v) is 18.5. The van der Waals surface area contributed by atoms with Gasteiger partial charge in [-0.05, 0) is 57.2 Å². The summed E-state index contributed by atoms with van der Waals surface area (Å²) < 4.78 is 25.5. The van der Waals surface area contributed by atoms with Crippen molar-refractivity contribution in [2.45, 2.75) is 41.1 Å². The van der Waals surface area contributed by atoms with Gasteiger partial charge in [0, 0.05) is 6.07 Å². The van der Waals surface area contributed by atoms with Gasteiger partial charge in [-0.25, -0.2) is 9.18 Å². The second-order valence-electron chi connectivity index (χ2n) is 7.17. The average Bonchev–Trinajstić information content (AvgIpc) is 2.74. The summed E-state index contributed by atoms with van der Waals surface area (Å²) in [6, 6.07) is 24.8. The molecule has 0 heterocycles. The van der Waals surface area contributed by atoms with Crippen molar-refractivity contribution in [3.05, 3.63) is 84.7 Å². The minimum absolute atomic E-state index is 0.00440. The van der Waals surface area contributed by atoms with Crippen LogP contribution in [0.3, 0.4) is 0 Å². The fourth-order valence-corrected chi connectivity index (χ4v) is 5.12.